The molecule has 4 N–H and O–H groups in total. The van der Waals surface area contributed by atoms with Gasteiger partial charge in [-0.1, -0.05) is 76.9 Å². The molecule has 0 saturated carbocycles. The van der Waals surface area contributed by atoms with Crippen LogP contribution < -0.4 is 11.1 Å². The Balaban J connectivity index is 0. The fourth-order valence-electron chi connectivity index (χ4n) is 2.80. The van der Waals surface area contributed by atoms with E-state index in [4.69, 9.17) is 10.8 Å². The van der Waals surface area contributed by atoms with Gasteiger partial charge in [-0.15, -0.1) is 12.4 Å². The lowest BCUT2D eigenvalue weighted by atomic mass is 10.1. The lowest BCUT2D eigenvalue weighted by Crippen LogP contribution is -2.43. The van der Waals surface area contributed by atoms with Crippen LogP contribution in [0.5, 0.6) is 0 Å². The van der Waals surface area contributed by atoms with Gasteiger partial charge in [-0.3, -0.25) is 4.79 Å². The third-order valence-electron chi connectivity index (χ3n) is 4.52. The molecule has 1 amide bonds. The van der Waals surface area contributed by atoms with Crippen LogP contribution in [0.2, 0.25) is 0 Å². The van der Waals surface area contributed by atoms with Crippen molar-refractivity contribution in [2.24, 2.45) is 5.73 Å². The van der Waals surface area contributed by atoms with E-state index in [2.05, 4.69) is 24.4 Å². The van der Waals surface area contributed by atoms with Gasteiger partial charge in [0.05, 0.1) is 6.61 Å². The molecule has 0 aromatic carbocycles. The zero-order chi connectivity index (χ0) is 18.6. The predicted octanol–water partition coefficient (Wildman–Crippen LogP) is 4.88. The van der Waals surface area contributed by atoms with Crippen molar-refractivity contribution >= 4 is 18.3 Å². The van der Waals surface area contributed by atoms with Crippen molar-refractivity contribution in [3.63, 3.8) is 0 Å². The summed E-state index contributed by atoms with van der Waals surface area (Å²) in [5, 5.41) is 11.5. The summed E-state index contributed by atoms with van der Waals surface area (Å²) in [6, 6.07) is -0.783. The van der Waals surface area contributed by atoms with Crippen LogP contribution in [0.3, 0.4) is 0 Å². The summed E-state index contributed by atoms with van der Waals surface area (Å²) in [6.07, 6.45) is 22.6. The largest absolute Gasteiger partial charge is 0.394 e. The Morgan fingerprint density at radius 2 is 1.35 bits per heavy atom. The number of nitrogens with two attached hydrogens (primary N) is 1. The monoisotopic (exact) mass is 390 g/mol. The molecule has 0 bridgehead atoms. The van der Waals surface area contributed by atoms with E-state index < -0.39 is 6.04 Å². The Labute approximate surface area is 167 Å². The van der Waals surface area contributed by atoms with E-state index in [1.54, 1.807) is 0 Å². The van der Waals surface area contributed by atoms with E-state index in [1.807, 2.05) is 0 Å². The average molecular weight is 391 g/mol. The smallest absolute Gasteiger partial charge is 0.239 e. The van der Waals surface area contributed by atoms with Crippen LogP contribution in [0.15, 0.2) is 12.2 Å². The van der Waals surface area contributed by atoms with E-state index in [0.717, 1.165) is 12.8 Å². The molecule has 0 aliphatic carbocycles. The molecule has 0 aliphatic rings. The second-order valence-corrected chi connectivity index (χ2v) is 7.02. The van der Waals surface area contributed by atoms with Gasteiger partial charge in [0.15, 0.2) is 0 Å². The van der Waals surface area contributed by atoms with Crippen LogP contribution >= 0.6 is 12.4 Å². The van der Waals surface area contributed by atoms with E-state index in [0.29, 0.717) is 6.54 Å². The molecule has 0 unspecified atom stereocenters. The van der Waals surface area contributed by atoms with Crippen LogP contribution in [0.1, 0.15) is 96.8 Å². The van der Waals surface area contributed by atoms with Crippen LogP contribution in [-0.4, -0.2) is 30.2 Å². The summed E-state index contributed by atoms with van der Waals surface area (Å²) in [4.78, 5) is 11.3. The van der Waals surface area contributed by atoms with Crippen molar-refractivity contribution in [3.05, 3.63) is 12.2 Å². The second-order valence-electron chi connectivity index (χ2n) is 7.02. The fraction of sp³-hybridized carbons (Fsp3) is 0.857. The van der Waals surface area contributed by atoms with Crippen LogP contribution in [0.4, 0.5) is 0 Å². The highest BCUT2D eigenvalue weighted by atomic mass is 35.5. The van der Waals surface area contributed by atoms with Gasteiger partial charge in [-0.2, -0.15) is 0 Å². The third-order valence-corrected chi connectivity index (χ3v) is 4.52. The van der Waals surface area contributed by atoms with Crippen LogP contribution in [-0.2, 0) is 4.79 Å². The van der Waals surface area contributed by atoms with Crippen molar-refractivity contribution in [2.45, 2.75) is 103 Å². The summed E-state index contributed by atoms with van der Waals surface area (Å²) >= 11 is 0. The zero-order valence-corrected chi connectivity index (χ0v) is 17.7. The minimum Gasteiger partial charge on any atom is -0.394 e. The summed E-state index contributed by atoms with van der Waals surface area (Å²) in [5.41, 5.74) is 5.42. The molecule has 4 nitrogen and oxygen atoms in total. The third kappa shape index (κ3) is 19.7. The van der Waals surface area contributed by atoms with Crippen molar-refractivity contribution in [3.8, 4) is 0 Å². The zero-order valence-electron chi connectivity index (χ0n) is 16.9. The summed E-state index contributed by atoms with van der Waals surface area (Å²) in [6.45, 7) is 2.63. The Morgan fingerprint density at radius 3 is 1.85 bits per heavy atom. The Hall–Kier alpha value is -0.580. The van der Waals surface area contributed by atoms with Gasteiger partial charge in [0.25, 0.3) is 0 Å². The molecule has 0 aromatic heterocycles. The van der Waals surface area contributed by atoms with E-state index in [9.17, 15) is 4.79 Å². The minimum atomic E-state index is -0.783. The van der Waals surface area contributed by atoms with Crippen LogP contribution in [0.25, 0.3) is 0 Å². The topological polar surface area (TPSA) is 75.4 Å². The maximum atomic E-state index is 11.3. The van der Waals surface area contributed by atoms with Crippen molar-refractivity contribution in [1.82, 2.24) is 5.32 Å². The highest BCUT2D eigenvalue weighted by molar-refractivity contribution is 5.85. The van der Waals surface area contributed by atoms with Crippen molar-refractivity contribution in [1.29, 1.82) is 0 Å². The van der Waals surface area contributed by atoms with Gasteiger partial charge in [-0.25, -0.2) is 0 Å². The molecule has 5 heteroatoms. The summed E-state index contributed by atoms with van der Waals surface area (Å²) in [5.74, 6) is -0.254. The molecular weight excluding hydrogens is 348 g/mol. The van der Waals surface area contributed by atoms with Gasteiger partial charge >= 0.3 is 0 Å². The first-order valence-corrected chi connectivity index (χ1v) is 10.5. The standard InChI is InChI=1S/C21H42N2O2.ClH/c1-2-3-4-5-6-7-8-9-10-11-12-13-14-15-16-17-18-23-21(25)20(22)19-24;/h9-10,20,24H,2-8,11-19,22H2,1H3,(H,23,25);1H/b10-9+;/t20-;/m1./s1. The van der Waals surface area contributed by atoms with E-state index in [-0.39, 0.29) is 24.9 Å². The summed E-state index contributed by atoms with van der Waals surface area (Å²) in [7, 11) is 0. The molecule has 1 atom stereocenters. The number of rotatable bonds is 18. The van der Waals surface area contributed by atoms with Gasteiger partial charge in [0.2, 0.25) is 5.91 Å². The van der Waals surface area contributed by atoms with Gasteiger partial charge in [0, 0.05) is 6.54 Å². The van der Waals surface area contributed by atoms with Crippen LogP contribution in [0, 0.1) is 0 Å². The normalized spacial score (nSPS) is 12.1. The van der Waals surface area contributed by atoms with Gasteiger partial charge in [0.1, 0.15) is 6.04 Å². The van der Waals surface area contributed by atoms with Crippen molar-refractivity contribution in [2.75, 3.05) is 13.2 Å². The molecule has 0 aromatic rings. The first-order chi connectivity index (χ1) is 12.2. The van der Waals surface area contributed by atoms with E-state index in [1.165, 1.54) is 77.0 Å². The molecular formula is C21H43ClN2O2. The predicted molar refractivity (Wildman–Crippen MR) is 115 cm³/mol. The minimum absolute atomic E-state index is 0. The molecule has 0 aliphatic heterocycles. The van der Waals surface area contributed by atoms with Crippen molar-refractivity contribution < 1.29 is 9.90 Å². The number of halogens is 1. The first kappa shape index (κ1) is 27.6. The molecule has 0 heterocycles. The fourth-order valence-corrected chi connectivity index (χ4v) is 2.80. The number of nitrogens with one attached hydrogen (secondary N) is 1. The van der Waals surface area contributed by atoms with Gasteiger partial charge < -0.3 is 16.2 Å². The number of hydrogen-bond donors (Lipinski definition) is 3. The number of aliphatic hydroxyl groups is 1. The lowest BCUT2D eigenvalue weighted by molar-refractivity contribution is -0.123. The maximum absolute atomic E-state index is 11.3. The second kappa shape index (κ2) is 22.5. The molecule has 26 heavy (non-hydrogen) atoms. The highest BCUT2D eigenvalue weighted by Crippen LogP contribution is 2.09. The Morgan fingerprint density at radius 1 is 0.885 bits per heavy atom. The number of amides is 1. The number of allylic oxidation sites excluding steroid dienone is 2. The number of carbonyl (C=O) groups excluding carboxylic acids is 1. The number of unbranched alkanes of at least 4 members (excludes halogenated alkanes) is 12. The molecule has 0 radical (unpaired) electrons. The van der Waals surface area contributed by atoms with E-state index >= 15 is 0 Å². The molecule has 0 rings (SSSR count). The average Bonchev–Trinajstić information content (AvgIpc) is 2.63. The maximum Gasteiger partial charge on any atom is 0.239 e. The molecule has 0 spiro atoms. The van der Waals surface area contributed by atoms with Gasteiger partial charge in [-0.05, 0) is 32.1 Å². The Kier molecular flexibility index (Phi) is 23.9. The Bertz CT molecular complexity index is 325. The number of aliphatic hydroxyl groups excluding tert-OH is 1. The SMILES string of the molecule is CCCCCCCC/C=C/CCCCCCCCNC(=O)[C@H](N)CO.Cl. The number of hydrogen-bond acceptors (Lipinski definition) is 3. The lowest BCUT2D eigenvalue weighted by Gasteiger charge is -2.09. The number of carbonyl (C=O) groups is 1. The quantitative estimate of drug-likeness (QED) is 0.230. The molecule has 156 valence electrons. The summed E-state index contributed by atoms with van der Waals surface area (Å²) < 4.78 is 0. The molecule has 0 saturated heterocycles. The molecule has 0 fully saturated rings. The highest BCUT2D eigenvalue weighted by Gasteiger charge is 2.09. The first-order valence-electron chi connectivity index (χ1n) is 10.5.